The summed E-state index contributed by atoms with van der Waals surface area (Å²) in [6.45, 7) is 1.87. The Bertz CT molecular complexity index is 1230. The molecule has 0 saturated heterocycles. The van der Waals surface area contributed by atoms with Gasteiger partial charge in [-0.2, -0.15) is 0 Å². The molecule has 8 heteroatoms. The van der Waals surface area contributed by atoms with Gasteiger partial charge in [0.2, 0.25) is 5.89 Å². The van der Waals surface area contributed by atoms with Crippen LogP contribution in [0.5, 0.6) is 11.5 Å². The van der Waals surface area contributed by atoms with Gasteiger partial charge in [-0.15, -0.1) is 0 Å². The molecule has 2 heterocycles. The average molecular weight is 436 g/mol. The second kappa shape index (κ2) is 9.09. The summed E-state index contributed by atoms with van der Waals surface area (Å²) in [4.78, 5) is 24.1. The zero-order valence-corrected chi connectivity index (χ0v) is 18.2. The van der Waals surface area contributed by atoms with E-state index in [9.17, 15) is 4.79 Å². The van der Waals surface area contributed by atoms with Gasteiger partial charge in [0.05, 0.1) is 25.6 Å². The largest absolute Gasteiger partial charge is 0.497 e. The predicted molar refractivity (Wildman–Crippen MR) is 120 cm³/mol. The summed E-state index contributed by atoms with van der Waals surface area (Å²) in [6, 6.07) is 16.4. The highest BCUT2D eigenvalue weighted by Crippen LogP contribution is 2.28. The minimum Gasteiger partial charge on any atom is -0.497 e. The first-order valence-electron chi connectivity index (χ1n) is 9.55. The van der Waals surface area contributed by atoms with Gasteiger partial charge in [-0.3, -0.25) is 4.79 Å². The zero-order valence-electron chi connectivity index (χ0n) is 17.3. The number of aryl methyl sites for hydroxylation is 1. The maximum Gasteiger partial charge on any atom is 0.252 e. The van der Waals surface area contributed by atoms with Crippen LogP contribution >= 0.6 is 11.8 Å². The van der Waals surface area contributed by atoms with Gasteiger partial charge in [-0.05, 0) is 55.5 Å². The van der Waals surface area contributed by atoms with Gasteiger partial charge >= 0.3 is 0 Å². The summed E-state index contributed by atoms with van der Waals surface area (Å²) in [7, 11) is 3.24. The molecule has 0 atom stereocenters. The lowest BCUT2D eigenvalue weighted by Crippen LogP contribution is -2.08. The van der Waals surface area contributed by atoms with Crippen LogP contribution in [0.3, 0.4) is 0 Å². The fourth-order valence-electron chi connectivity index (χ4n) is 2.97. The third-order valence-electron chi connectivity index (χ3n) is 4.68. The Balaban J connectivity index is 1.52. The number of benzene rings is 2. The van der Waals surface area contributed by atoms with E-state index in [0.29, 0.717) is 22.5 Å². The molecule has 0 spiro atoms. The number of hydrogen-bond acceptors (Lipinski definition) is 7. The van der Waals surface area contributed by atoms with Crippen molar-refractivity contribution in [3.8, 4) is 34.2 Å². The summed E-state index contributed by atoms with van der Waals surface area (Å²) < 4.78 is 16.2. The number of nitrogens with one attached hydrogen (secondary N) is 1. The summed E-state index contributed by atoms with van der Waals surface area (Å²) in [5.41, 5.74) is 2.90. The Morgan fingerprint density at radius 3 is 2.16 bits per heavy atom. The van der Waals surface area contributed by atoms with Crippen LogP contribution in [0, 0.1) is 6.92 Å². The number of thioether (sulfide) groups is 1. The topological polar surface area (TPSA) is 90.2 Å². The van der Waals surface area contributed by atoms with Crippen molar-refractivity contribution in [2.75, 3.05) is 14.2 Å². The number of aromatic amines is 1. The molecule has 0 amide bonds. The second-order valence-corrected chi connectivity index (χ2v) is 7.67. The molecule has 2 aromatic heterocycles. The maximum atomic E-state index is 12.1. The van der Waals surface area contributed by atoms with E-state index in [-0.39, 0.29) is 5.56 Å². The second-order valence-electron chi connectivity index (χ2n) is 6.70. The first-order chi connectivity index (χ1) is 15.1. The smallest absolute Gasteiger partial charge is 0.252 e. The number of aromatic nitrogens is 3. The highest BCUT2D eigenvalue weighted by atomic mass is 32.2. The molecule has 31 heavy (non-hydrogen) atoms. The molecular weight excluding hydrogens is 414 g/mol. The molecule has 7 nitrogen and oxygen atoms in total. The third kappa shape index (κ3) is 4.80. The molecule has 4 aromatic rings. The van der Waals surface area contributed by atoms with E-state index in [1.54, 1.807) is 14.2 Å². The van der Waals surface area contributed by atoms with Crippen LogP contribution in [-0.2, 0) is 5.75 Å². The Morgan fingerprint density at radius 2 is 1.55 bits per heavy atom. The summed E-state index contributed by atoms with van der Waals surface area (Å²) in [6.07, 6.45) is 0. The zero-order chi connectivity index (χ0) is 21.8. The molecule has 1 N–H and O–H groups in total. The molecule has 0 radical (unpaired) electrons. The minimum absolute atomic E-state index is 0.209. The quantitative estimate of drug-likeness (QED) is 0.332. The van der Waals surface area contributed by atoms with Gasteiger partial charge in [-0.1, -0.05) is 11.8 Å². The molecule has 0 aliphatic heterocycles. The van der Waals surface area contributed by atoms with Crippen molar-refractivity contribution in [2.45, 2.75) is 17.8 Å². The van der Waals surface area contributed by atoms with E-state index >= 15 is 0 Å². The van der Waals surface area contributed by atoms with E-state index in [1.165, 1.54) is 17.8 Å². The molecule has 4 rings (SSSR count). The molecule has 2 aromatic carbocycles. The third-order valence-corrected chi connectivity index (χ3v) is 5.57. The van der Waals surface area contributed by atoms with Crippen LogP contribution in [-0.4, -0.2) is 29.2 Å². The van der Waals surface area contributed by atoms with Gasteiger partial charge in [0.1, 0.15) is 17.3 Å². The van der Waals surface area contributed by atoms with Crippen molar-refractivity contribution in [3.63, 3.8) is 0 Å². The number of H-pyrrole nitrogens is 1. The molecule has 158 valence electrons. The van der Waals surface area contributed by atoms with Gasteiger partial charge < -0.3 is 18.9 Å². The van der Waals surface area contributed by atoms with Crippen molar-refractivity contribution >= 4 is 11.8 Å². The first-order valence-corrected chi connectivity index (χ1v) is 10.5. The van der Waals surface area contributed by atoms with Crippen molar-refractivity contribution in [3.05, 3.63) is 76.4 Å². The summed E-state index contributed by atoms with van der Waals surface area (Å²) >= 11 is 1.40. The van der Waals surface area contributed by atoms with Crippen LogP contribution in [0.2, 0.25) is 0 Å². The fraction of sp³-hybridized carbons (Fsp3) is 0.174. The Morgan fingerprint density at radius 1 is 0.935 bits per heavy atom. The molecule has 0 aliphatic rings. The molecule has 0 aliphatic carbocycles. The van der Waals surface area contributed by atoms with Gasteiger partial charge in [0.15, 0.2) is 5.16 Å². The highest BCUT2D eigenvalue weighted by Gasteiger charge is 2.13. The number of methoxy groups -OCH3 is 2. The summed E-state index contributed by atoms with van der Waals surface area (Å²) in [5.74, 6) is 3.31. The fourth-order valence-corrected chi connectivity index (χ4v) is 3.85. The van der Waals surface area contributed by atoms with E-state index in [1.807, 2.05) is 55.5 Å². The number of nitrogens with zero attached hydrogens (tertiary/aromatic N) is 2. The molecule has 0 fully saturated rings. The lowest BCUT2D eigenvalue weighted by atomic mass is 10.1. The average Bonchev–Trinajstić information content (AvgIpc) is 3.18. The van der Waals surface area contributed by atoms with Crippen molar-refractivity contribution in [1.82, 2.24) is 15.0 Å². The van der Waals surface area contributed by atoms with Crippen molar-refractivity contribution in [2.24, 2.45) is 0 Å². The van der Waals surface area contributed by atoms with Crippen LogP contribution in [0.4, 0.5) is 0 Å². The Kier molecular flexibility index (Phi) is 6.08. The van der Waals surface area contributed by atoms with Gasteiger partial charge in [-0.25, -0.2) is 9.97 Å². The molecule has 0 bridgehead atoms. The van der Waals surface area contributed by atoms with Crippen LogP contribution in [0.1, 0.15) is 11.5 Å². The van der Waals surface area contributed by atoms with Crippen LogP contribution < -0.4 is 15.0 Å². The first kappa shape index (κ1) is 20.7. The van der Waals surface area contributed by atoms with E-state index in [2.05, 4.69) is 15.0 Å². The number of ether oxygens (including phenoxy) is 2. The van der Waals surface area contributed by atoms with Crippen molar-refractivity contribution < 1.29 is 13.9 Å². The Labute approximate surface area is 183 Å². The van der Waals surface area contributed by atoms with Gasteiger partial charge in [0, 0.05) is 22.9 Å². The molecule has 0 saturated carbocycles. The number of hydrogen-bond donors (Lipinski definition) is 1. The number of oxazole rings is 1. The lowest BCUT2D eigenvalue weighted by molar-refractivity contribution is 0.414. The minimum atomic E-state index is -0.209. The monoisotopic (exact) mass is 435 g/mol. The van der Waals surface area contributed by atoms with Crippen LogP contribution in [0.25, 0.3) is 22.7 Å². The summed E-state index contributed by atoms with van der Waals surface area (Å²) in [5, 5.41) is 0.520. The van der Waals surface area contributed by atoms with Gasteiger partial charge in [0.25, 0.3) is 5.56 Å². The molecule has 0 unspecified atom stereocenters. The normalized spacial score (nSPS) is 10.8. The van der Waals surface area contributed by atoms with E-state index in [4.69, 9.17) is 13.9 Å². The lowest BCUT2D eigenvalue weighted by Gasteiger charge is -2.05. The van der Waals surface area contributed by atoms with Crippen LogP contribution in [0.15, 0.2) is 69.0 Å². The molecular formula is C23H21N3O4S. The van der Waals surface area contributed by atoms with Crippen molar-refractivity contribution in [1.29, 1.82) is 0 Å². The maximum absolute atomic E-state index is 12.1. The number of rotatable bonds is 7. The predicted octanol–water partition coefficient (Wildman–Crippen LogP) is 4.71. The van der Waals surface area contributed by atoms with E-state index < -0.39 is 0 Å². The SMILES string of the molecule is COc1ccc(-c2cc(=O)[nH]c(SCc3nc(-c4ccc(OC)cc4)oc3C)n2)cc1. The Hall–Kier alpha value is -3.52. The standard InChI is InChI=1S/C23H21N3O4S/c1-14-20(24-22(30-14)16-6-10-18(29-3)11-7-16)13-31-23-25-19(12-21(27)26-23)15-4-8-17(28-2)9-5-15/h4-12H,13H2,1-3H3,(H,25,26,27). The highest BCUT2D eigenvalue weighted by molar-refractivity contribution is 7.98. The van der Waals surface area contributed by atoms with E-state index in [0.717, 1.165) is 34.1 Å².